The first-order chi connectivity index (χ1) is 11.7. The predicted octanol–water partition coefficient (Wildman–Crippen LogP) is 4.25. The van der Waals surface area contributed by atoms with Crippen LogP contribution in [-0.2, 0) is 4.79 Å². The minimum absolute atomic E-state index is 0.332. The Hall–Kier alpha value is -2.40. The summed E-state index contributed by atoms with van der Waals surface area (Å²) in [7, 11) is 0. The van der Waals surface area contributed by atoms with Gasteiger partial charge < -0.3 is 5.21 Å². The Morgan fingerprint density at radius 2 is 1.58 bits per heavy atom. The zero-order valence-electron chi connectivity index (χ0n) is 13.7. The number of amides is 1. The monoisotopic (exact) mass is 328 g/mol. The molecule has 0 unspecified atom stereocenters. The van der Waals surface area contributed by atoms with E-state index in [-0.39, 0.29) is 5.91 Å². The second-order valence-corrected chi connectivity index (χ2v) is 5.91. The molecule has 2 aromatic rings. The van der Waals surface area contributed by atoms with Gasteiger partial charge in [0, 0.05) is 6.42 Å². The third-order valence-corrected chi connectivity index (χ3v) is 4.15. The van der Waals surface area contributed by atoms with Gasteiger partial charge in [0.2, 0.25) is 5.91 Å². The molecular weight excluding hydrogens is 304 g/mol. The molecule has 0 fully saturated rings. The summed E-state index contributed by atoms with van der Waals surface area (Å²) < 4.78 is 0. The second-order valence-electron chi connectivity index (χ2n) is 5.91. The Kier molecular flexibility index (Phi) is 7.23. The first-order valence-corrected chi connectivity index (χ1v) is 8.37. The fraction of sp³-hybridized carbons (Fsp3) is 0.368. The summed E-state index contributed by atoms with van der Waals surface area (Å²) in [6.45, 7) is 0. The van der Waals surface area contributed by atoms with E-state index in [2.05, 4.69) is 23.4 Å². The molecule has 3 N–H and O–H groups in total. The maximum Gasteiger partial charge on any atom is 0.243 e. The van der Waals surface area contributed by atoms with Crippen molar-refractivity contribution in [2.24, 2.45) is 5.16 Å². The van der Waals surface area contributed by atoms with Crippen LogP contribution in [-0.4, -0.2) is 22.0 Å². The van der Waals surface area contributed by atoms with Crippen molar-refractivity contribution < 1.29 is 15.2 Å². The SMILES string of the molecule is O=C(CCCCCCC/C(=N\O)c1ccc2ccccc2c1)NO. The summed E-state index contributed by atoms with van der Waals surface area (Å²) in [4.78, 5) is 10.9. The molecule has 128 valence electrons. The molecule has 0 spiro atoms. The Morgan fingerprint density at radius 3 is 2.29 bits per heavy atom. The number of oxime groups is 1. The molecule has 1 amide bonds. The van der Waals surface area contributed by atoms with Crippen LogP contribution in [0.2, 0.25) is 0 Å². The van der Waals surface area contributed by atoms with Crippen molar-refractivity contribution in [1.82, 2.24) is 5.48 Å². The number of hydroxylamine groups is 1. The number of hydrogen-bond donors (Lipinski definition) is 3. The lowest BCUT2D eigenvalue weighted by Gasteiger charge is -2.07. The summed E-state index contributed by atoms with van der Waals surface area (Å²) in [5, 5.41) is 23.5. The molecule has 0 aliphatic heterocycles. The number of nitrogens with zero attached hydrogens (tertiary/aromatic N) is 1. The molecule has 0 radical (unpaired) electrons. The van der Waals surface area contributed by atoms with Crippen LogP contribution in [0.5, 0.6) is 0 Å². The lowest BCUT2D eigenvalue weighted by Crippen LogP contribution is -2.17. The highest BCUT2D eigenvalue weighted by Crippen LogP contribution is 2.18. The Balaban J connectivity index is 1.77. The van der Waals surface area contributed by atoms with Crippen LogP contribution in [0, 0.1) is 0 Å². The average molecular weight is 328 g/mol. The predicted molar refractivity (Wildman–Crippen MR) is 94.5 cm³/mol. The molecule has 0 aromatic heterocycles. The van der Waals surface area contributed by atoms with E-state index in [0.29, 0.717) is 12.1 Å². The fourth-order valence-corrected chi connectivity index (χ4v) is 2.79. The zero-order valence-corrected chi connectivity index (χ0v) is 13.7. The Morgan fingerprint density at radius 1 is 0.917 bits per heavy atom. The molecular formula is C19H24N2O3. The number of fused-ring (bicyclic) bond motifs is 1. The van der Waals surface area contributed by atoms with E-state index >= 15 is 0 Å². The molecule has 0 aliphatic carbocycles. The summed E-state index contributed by atoms with van der Waals surface area (Å²) in [6, 6.07) is 14.2. The first-order valence-electron chi connectivity index (χ1n) is 8.37. The van der Waals surface area contributed by atoms with Gasteiger partial charge in [-0.05, 0) is 41.7 Å². The first kappa shape index (κ1) is 17.9. The highest BCUT2D eigenvalue weighted by atomic mass is 16.5. The molecule has 0 saturated carbocycles. The van der Waals surface area contributed by atoms with Crippen molar-refractivity contribution in [2.75, 3.05) is 0 Å². The molecule has 24 heavy (non-hydrogen) atoms. The van der Waals surface area contributed by atoms with Gasteiger partial charge in [-0.1, -0.05) is 60.8 Å². The summed E-state index contributed by atoms with van der Waals surface area (Å²) >= 11 is 0. The van der Waals surface area contributed by atoms with Crippen LogP contribution in [0.25, 0.3) is 10.8 Å². The van der Waals surface area contributed by atoms with Gasteiger partial charge in [0.05, 0.1) is 5.71 Å². The molecule has 5 nitrogen and oxygen atoms in total. The maximum atomic E-state index is 10.9. The van der Waals surface area contributed by atoms with Gasteiger partial charge in [-0.3, -0.25) is 10.0 Å². The average Bonchev–Trinajstić information content (AvgIpc) is 2.63. The number of carbonyl (C=O) groups excluding carboxylic acids is 1. The number of hydrogen-bond acceptors (Lipinski definition) is 4. The van der Waals surface area contributed by atoms with E-state index in [1.807, 2.05) is 24.3 Å². The van der Waals surface area contributed by atoms with E-state index in [0.717, 1.165) is 49.5 Å². The molecule has 2 aromatic carbocycles. The highest BCUT2D eigenvalue weighted by molar-refractivity contribution is 6.03. The van der Waals surface area contributed by atoms with Crippen LogP contribution in [0.4, 0.5) is 0 Å². The van der Waals surface area contributed by atoms with Crippen LogP contribution < -0.4 is 5.48 Å². The van der Waals surface area contributed by atoms with Crippen molar-refractivity contribution in [3.05, 3.63) is 48.0 Å². The topological polar surface area (TPSA) is 81.9 Å². The van der Waals surface area contributed by atoms with Crippen molar-refractivity contribution in [1.29, 1.82) is 0 Å². The summed E-state index contributed by atoms with van der Waals surface area (Å²) in [6.07, 6.45) is 5.80. The van der Waals surface area contributed by atoms with Crippen LogP contribution in [0.15, 0.2) is 47.6 Å². The number of benzene rings is 2. The zero-order chi connectivity index (χ0) is 17.2. The lowest BCUT2D eigenvalue weighted by atomic mass is 10.00. The molecule has 0 bridgehead atoms. The van der Waals surface area contributed by atoms with Gasteiger partial charge in [0.25, 0.3) is 0 Å². The molecule has 0 saturated heterocycles. The van der Waals surface area contributed by atoms with E-state index in [9.17, 15) is 10.0 Å². The molecule has 0 aliphatic rings. The molecule has 2 rings (SSSR count). The largest absolute Gasteiger partial charge is 0.411 e. The normalized spacial score (nSPS) is 11.6. The van der Waals surface area contributed by atoms with Gasteiger partial charge in [0.15, 0.2) is 0 Å². The number of nitrogens with one attached hydrogen (secondary N) is 1. The third kappa shape index (κ3) is 5.35. The maximum absolute atomic E-state index is 10.9. The van der Waals surface area contributed by atoms with E-state index in [1.165, 1.54) is 5.39 Å². The lowest BCUT2D eigenvalue weighted by molar-refractivity contribution is -0.129. The molecule has 5 heteroatoms. The molecule has 0 atom stereocenters. The number of carbonyl (C=O) groups is 1. The van der Waals surface area contributed by atoms with Gasteiger partial charge >= 0.3 is 0 Å². The number of rotatable bonds is 9. The van der Waals surface area contributed by atoms with E-state index in [4.69, 9.17) is 5.21 Å². The summed E-state index contributed by atoms with van der Waals surface area (Å²) in [5.41, 5.74) is 3.30. The second kappa shape index (κ2) is 9.67. The highest BCUT2D eigenvalue weighted by Gasteiger charge is 2.06. The standard InChI is InChI=1S/C19H24N2O3/c22-19(21-24)11-5-3-1-2-4-10-18(20-23)17-13-12-15-8-6-7-9-16(15)14-17/h6-9,12-14,23-24H,1-5,10-11H2,(H,21,22)/b20-18+. The van der Waals surface area contributed by atoms with E-state index < -0.39 is 0 Å². The van der Waals surface area contributed by atoms with Crippen LogP contribution in [0.1, 0.15) is 50.5 Å². The quantitative estimate of drug-likeness (QED) is 0.211. The minimum atomic E-state index is -0.332. The minimum Gasteiger partial charge on any atom is -0.411 e. The third-order valence-electron chi connectivity index (χ3n) is 4.15. The van der Waals surface area contributed by atoms with Crippen molar-refractivity contribution >= 4 is 22.4 Å². The summed E-state index contributed by atoms with van der Waals surface area (Å²) in [5.74, 6) is -0.332. The van der Waals surface area contributed by atoms with Crippen molar-refractivity contribution in [3.63, 3.8) is 0 Å². The van der Waals surface area contributed by atoms with E-state index in [1.54, 1.807) is 5.48 Å². The fourth-order valence-electron chi connectivity index (χ4n) is 2.79. The van der Waals surface area contributed by atoms with Gasteiger partial charge in [-0.2, -0.15) is 0 Å². The van der Waals surface area contributed by atoms with Gasteiger partial charge in [-0.15, -0.1) is 0 Å². The van der Waals surface area contributed by atoms with Crippen LogP contribution in [0.3, 0.4) is 0 Å². The number of unbranched alkanes of at least 4 members (excludes halogenated alkanes) is 4. The van der Waals surface area contributed by atoms with Crippen molar-refractivity contribution in [2.45, 2.75) is 44.9 Å². The van der Waals surface area contributed by atoms with Gasteiger partial charge in [-0.25, -0.2) is 5.48 Å². The van der Waals surface area contributed by atoms with Crippen molar-refractivity contribution in [3.8, 4) is 0 Å². The van der Waals surface area contributed by atoms with Crippen LogP contribution >= 0.6 is 0 Å². The Labute approximate surface area is 142 Å². The van der Waals surface area contributed by atoms with Gasteiger partial charge in [0.1, 0.15) is 0 Å². The Bertz CT molecular complexity index is 698. The smallest absolute Gasteiger partial charge is 0.243 e. The molecule has 0 heterocycles.